The zero-order valence-electron chi connectivity index (χ0n) is 39.1. The summed E-state index contributed by atoms with van der Waals surface area (Å²) in [5.74, 6) is 0.693. The maximum Gasteiger partial charge on any atom is 0.266 e. The highest BCUT2D eigenvalue weighted by Gasteiger charge is 2.66. The van der Waals surface area contributed by atoms with E-state index in [9.17, 15) is 14.7 Å². The summed E-state index contributed by atoms with van der Waals surface area (Å²) in [6.45, 7) is 13.6. The van der Waals surface area contributed by atoms with Crippen LogP contribution in [0.1, 0.15) is 68.4 Å². The van der Waals surface area contributed by atoms with Crippen molar-refractivity contribution in [1.29, 1.82) is 0 Å². The highest BCUT2D eigenvalue weighted by Crippen LogP contribution is 2.61. The molecule has 342 valence electrons. The number of rotatable bonds is 15. The lowest BCUT2D eigenvalue weighted by molar-refractivity contribution is -0.149. The number of methoxy groups -OCH3 is 1. The summed E-state index contributed by atoms with van der Waals surface area (Å²) >= 11 is 0. The van der Waals surface area contributed by atoms with Crippen molar-refractivity contribution in [2.75, 3.05) is 36.6 Å². The van der Waals surface area contributed by atoms with E-state index < -0.39 is 25.7 Å². The van der Waals surface area contributed by atoms with Crippen molar-refractivity contribution < 1.29 is 33.7 Å². The van der Waals surface area contributed by atoms with Gasteiger partial charge in [0.25, 0.3) is 11.8 Å². The molecule has 66 heavy (non-hydrogen) atoms. The van der Waals surface area contributed by atoms with Gasteiger partial charge in [-0.05, 0) is 99.3 Å². The van der Waals surface area contributed by atoms with Gasteiger partial charge in [0.2, 0.25) is 5.91 Å². The van der Waals surface area contributed by atoms with Gasteiger partial charge in [-0.2, -0.15) is 0 Å². The zero-order chi connectivity index (χ0) is 46.8. The van der Waals surface area contributed by atoms with Crippen LogP contribution in [0.2, 0.25) is 18.6 Å². The predicted octanol–water partition coefficient (Wildman–Crippen LogP) is 10.4. The first-order valence-corrected chi connectivity index (χ1v) is 26.1. The number of para-hydroxylation sites is 3. The summed E-state index contributed by atoms with van der Waals surface area (Å²) in [6, 6.07) is 38.4. The van der Waals surface area contributed by atoms with E-state index in [1.807, 2.05) is 102 Å². The van der Waals surface area contributed by atoms with Gasteiger partial charge in [-0.25, -0.2) is 0 Å². The van der Waals surface area contributed by atoms with Crippen molar-refractivity contribution >= 4 is 48.0 Å². The Morgan fingerprint density at radius 3 is 2.27 bits per heavy atom. The van der Waals surface area contributed by atoms with Gasteiger partial charge >= 0.3 is 0 Å². The van der Waals surface area contributed by atoms with E-state index in [-0.39, 0.29) is 42.8 Å². The van der Waals surface area contributed by atoms with Crippen LogP contribution in [-0.2, 0) is 26.5 Å². The molecule has 3 aliphatic rings. The van der Waals surface area contributed by atoms with Gasteiger partial charge in [0.15, 0.2) is 11.4 Å². The van der Waals surface area contributed by atoms with Crippen molar-refractivity contribution in [3.05, 3.63) is 161 Å². The molecule has 4 atom stereocenters. The van der Waals surface area contributed by atoms with Gasteiger partial charge in [0.1, 0.15) is 11.5 Å². The molecule has 10 nitrogen and oxygen atoms in total. The maximum atomic E-state index is 15.8. The van der Waals surface area contributed by atoms with Crippen molar-refractivity contribution in [3.63, 3.8) is 0 Å². The van der Waals surface area contributed by atoms with Crippen molar-refractivity contribution in [2.45, 2.75) is 83.8 Å². The molecule has 1 saturated heterocycles. The van der Waals surface area contributed by atoms with Crippen LogP contribution < -0.4 is 24.5 Å². The molecule has 0 radical (unpaired) electrons. The number of ether oxygens (including phenoxy) is 3. The monoisotopic (exact) mass is 903 g/mol. The van der Waals surface area contributed by atoms with E-state index in [2.05, 4.69) is 65.1 Å². The predicted molar refractivity (Wildman–Crippen MR) is 264 cm³/mol. The van der Waals surface area contributed by atoms with Crippen LogP contribution in [0, 0.1) is 5.92 Å². The molecule has 1 fully saturated rings. The Kier molecular flexibility index (Phi) is 13.5. The lowest BCUT2D eigenvalue weighted by atomic mass is 9.82. The third kappa shape index (κ3) is 8.75. The number of carbonyl (C=O) groups is 3. The topological polar surface area (TPSA) is 109 Å². The molecule has 1 spiro atoms. The minimum Gasteiger partial charge on any atom is -0.497 e. The van der Waals surface area contributed by atoms with E-state index in [0.717, 1.165) is 29.3 Å². The zero-order valence-corrected chi connectivity index (χ0v) is 40.1. The summed E-state index contributed by atoms with van der Waals surface area (Å²) in [7, 11) is -1.00. The summed E-state index contributed by atoms with van der Waals surface area (Å²) in [5, 5.41) is 11.3. The molecule has 0 aliphatic carbocycles. The van der Waals surface area contributed by atoms with E-state index in [0.29, 0.717) is 52.8 Å². The number of fused-ring (bicyclic) bond motifs is 4. The van der Waals surface area contributed by atoms with Crippen molar-refractivity contribution in [3.8, 4) is 17.2 Å². The van der Waals surface area contributed by atoms with Gasteiger partial charge < -0.3 is 29.1 Å². The van der Waals surface area contributed by atoms with Gasteiger partial charge in [-0.1, -0.05) is 115 Å². The van der Waals surface area contributed by atoms with Crippen molar-refractivity contribution in [1.82, 2.24) is 4.90 Å². The average molecular weight is 904 g/mol. The fourth-order valence-corrected chi connectivity index (χ4v) is 14.4. The van der Waals surface area contributed by atoms with Crippen LogP contribution in [-0.4, -0.2) is 68.7 Å². The average Bonchev–Trinajstić information content (AvgIpc) is 3.68. The second-order valence-corrected chi connectivity index (χ2v) is 23.3. The number of benzene rings is 5. The van der Waals surface area contributed by atoms with Gasteiger partial charge in [-0.15, -0.1) is 0 Å². The Morgan fingerprint density at radius 2 is 1.56 bits per heavy atom. The third-order valence-corrected chi connectivity index (χ3v) is 18.1. The quantitative estimate of drug-likeness (QED) is 0.0823. The van der Waals surface area contributed by atoms with Gasteiger partial charge in [-0.3, -0.25) is 19.3 Å². The maximum absolute atomic E-state index is 15.8. The molecule has 5 aromatic rings. The first-order valence-electron chi connectivity index (χ1n) is 23.0. The third-order valence-electron chi connectivity index (χ3n) is 13.8. The number of aliphatic hydroxyl groups excluding tert-OH is 1. The molecule has 0 unspecified atom stereocenters. The number of hydrogen-bond acceptors (Lipinski definition) is 7. The summed E-state index contributed by atoms with van der Waals surface area (Å²) < 4.78 is 19.4. The van der Waals surface area contributed by atoms with Crippen LogP contribution in [0.5, 0.6) is 17.2 Å². The van der Waals surface area contributed by atoms with Gasteiger partial charge in [0, 0.05) is 36.8 Å². The molecule has 3 aliphatic heterocycles. The number of hydrogen-bond donors (Lipinski definition) is 1. The number of amides is 3. The molecule has 0 aromatic heterocycles. The highest BCUT2D eigenvalue weighted by atomic mass is 28.3. The van der Waals surface area contributed by atoms with E-state index in [1.165, 1.54) is 11.1 Å². The fourth-order valence-electron chi connectivity index (χ4n) is 10.3. The van der Waals surface area contributed by atoms with Crippen LogP contribution >= 0.6 is 0 Å². The normalized spacial score (nSPS) is 20.1. The molecule has 11 heteroatoms. The number of carbonyl (C=O) groups excluding carboxylic acids is 3. The first kappa shape index (κ1) is 46.3. The molecular formula is C55H61N3O7Si. The Morgan fingerprint density at radius 1 is 0.864 bits per heavy atom. The van der Waals surface area contributed by atoms with Crippen LogP contribution in [0.4, 0.5) is 17.1 Å². The second-order valence-electron chi connectivity index (χ2n) is 18.6. The number of anilines is 3. The second kappa shape index (κ2) is 19.3. The SMILES string of the molecule is COc1ccc([Si](C)(C)[C@@H]2[C@@H](CC(=O)N(CCO)Cc3ccccc3)O[C@]3(C(=O)N(C/C=C(\C)CCC=C(C)C)c4ccc(N5C(=O)c6ccccc6Oc6ccccc65)cc43)[C@H]2C)cc1. The smallest absolute Gasteiger partial charge is 0.266 e. The van der Waals surface area contributed by atoms with Crippen molar-refractivity contribution in [2.24, 2.45) is 5.92 Å². The molecule has 0 bridgehead atoms. The Hall–Kier alpha value is -6.27. The molecule has 5 aromatic carbocycles. The van der Waals surface area contributed by atoms with E-state index in [1.54, 1.807) is 29.0 Å². The molecular weight excluding hydrogens is 843 g/mol. The standard InChI is InChI=1S/C55H61N3O7Si/c1-37(2)16-15-17-38(3)30-31-57-46-29-24-41(58-47-21-12-14-23-49(47)64-48-22-13-11-20-44(48)53(58)61)34-45(46)55(54(57)62)39(4)52(66(6,7)43-27-25-42(63-5)26-28-43)50(65-55)35-51(60)56(32-33-59)36-40-18-9-8-10-19-40/h8-14,16,18-30,34,39,50,52,59H,15,17,31-33,35-36H2,1-7H3/b38-30+/t39-,50+,52-,55+/m0/s1. The number of allylic oxidation sites excluding steroid dienone is 3. The minimum atomic E-state index is -2.65. The number of nitrogens with zero attached hydrogens (tertiary/aromatic N) is 3. The highest BCUT2D eigenvalue weighted by molar-refractivity contribution is 6.91. The summed E-state index contributed by atoms with van der Waals surface area (Å²) in [4.78, 5) is 50.5. The molecule has 3 heterocycles. The van der Waals surface area contributed by atoms with Crippen LogP contribution in [0.3, 0.4) is 0 Å². The lowest BCUT2D eigenvalue weighted by Gasteiger charge is -2.37. The fraction of sp³-hybridized carbons (Fsp3) is 0.327. The van der Waals surface area contributed by atoms with Gasteiger partial charge in [0.05, 0.1) is 51.3 Å². The van der Waals surface area contributed by atoms with E-state index >= 15 is 4.79 Å². The Labute approximate surface area is 390 Å². The molecule has 8 rings (SSSR count). The number of aliphatic hydroxyl groups is 1. The molecule has 3 amide bonds. The Balaban J connectivity index is 1.27. The molecule has 0 saturated carbocycles. The van der Waals surface area contributed by atoms with Crippen LogP contribution in [0.15, 0.2) is 145 Å². The summed E-state index contributed by atoms with van der Waals surface area (Å²) in [5.41, 5.74) is 4.55. The van der Waals surface area contributed by atoms with E-state index in [4.69, 9.17) is 14.2 Å². The lowest BCUT2D eigenvalue weighted by Crippen LogP contribution is -2.52. The first-order chi connectivity index (χ1) is 31.8. The summed E-state index contributed by atoms with van der Waals surface area (Å²) in [6.07, 6.45) is 5.45. The minimum absolute atomic E-state index is 0.00790. The largest absolute Gasteiger partial charge is 0.497 e. The molecule has 1 N–H and O–H groups in total. The Bertz CT molecular complexity index is 2660. The van der Waals surface area contributed by atoms with Crippen LogP contribution in [0.25, 0.3) is 0 Å².